The lowest BCUT2D eigenvalue weighted by molar-refractivity contribution is 0.0255. The Morgan fingerprint density at radius 1 is 0.524 bits per heavy atom. The summed E-state index contributed by atoms with van der Waals surface area (Å²) in [6.45, 7) is 21.3. The molecule has 0 aliphatic heterocycles. The molecule has 0 aliphatic rings. The van der Waals surface area contributed by atoms with E-state index in [-0.39, 0.29) is 5.60 Å². The van der Waals surface area contributed by atoms with Crippen molar-refractivity contribution in [3.05, 3.63) is 154 Å². The smallest absolute Gasteiger partial charge is 0.0657 e. The molecule has 0 fully saturated rings. The minimum atomic E-state index is -0.120. The molecule has 42 heavy (non-hydrogen) atoms. The molecule has 0 bridgehead atoms. The second kappa shape index (κ2) is 23.2. The van der Waals surface area contributed by atoms with Crippen LogP contribution in [0.5, 0.6) is 0 Å². The van der Waals surface area contributed by atoms with E-state index in [1.807, 2.05) is 0 Å². The second-order valence-corrected chi connectivity index (χ2v) is 11.8. The van der Waals surface area contributed by atoms with Crippen molar-refractivity contribution in [2.24, 2.45) is 0 Å². The zero-order chi connectivity index (χ0) is 31.8. The lowest BCUT2D eigenvalue weighted by Crippen LogP contribution is -2.20. The molecule has 228 valence electrons. The highest BCUT2D eigenvalue weighted by Gasteiger charge is 2.12. The molecular formula is C41H58O. The van der Waals surface area contributed by atoms with Gasteiger partial charge in [-0.25, -0.2) is 0 Å². The van der Waals surface area contributed by atoms with Crippen molar-refractivity contribution in [2.75, 3.05) is 7.11 Å². The highest BCUT2D eigenvalue weighted by molar-refractivity contribution is 5.33. The molecule has 0 radical (unpaired) electrons. The van der Waals surface area contributed by atoms with Gasteiger partial charge in [-0.1, -0.05) is 154 Å². The fourth-order valence-corrected chi connectivity index (χ4v) is 3.40. The van der Waals surface area contributed by atoms with Crippen LogP contribution in [0.25, 0.3) is 0 Å². The summed E-state index contributed by atoms with van der Waals surface area (Å²) >= 11 is 0. The lowest BCUT2D eigenvalue weighted by Gasteiger charge is -2.20. The van der Waals surface area contributed by atoms with Crippen LogP contribution >= 0.6 is 0 Å². The summed E-state index contributed by atoms with van der Waals surface area (Å²) in [7, 11) is 1.75. The Balaban J connectivity index is 4.75. The third-order valence-electron chi connectivity index (χ3n) is 6.36. The minimum Gasteiger partial charge on any atom is -0.378 e. The fourth-order valence-electron chi connectivity index (χ4n) is 3.40. The lowest BCUT2D eigenvalue weighted by atomic mass is 10.0. The fraction of sp³-hybridized carbons (Fsp3) is 0.366. The van der Waals surface area contributed by atoms with Crippen LogP contribution in [-0.4, -0.2) is 12.7 Å². The Morgan fingerprint density at radius 2 is 0.905 bits per heavy atom. The first-order valence-corrected chi connectivity index (χ1v) is 15.1. The van der Waals surface area contributed by atoms with Gasteiger partial charge in [-0.3, -0.25) is 0 Å². The molecule has 0 unspecified atom stereocenters. The molecule has 0 aromatic rings. The number of hydrogen-bond donors (Lipinski definition) is 0. The normalized spacial score (nSPS) is 15.7. The van der Waals surface area contributed by atoms with E-state index in [0.29, 0.717) is 0 Å². The first-order valence-electron chi connectivity index (χ1n) is 15.1. The summed E-state index contributed by atoms with van der Waals surface area (Å²) in [5.74, 6) is 0. The summed E-state index contributed by atoms with van der Waals surface area (Å²) in [6.07, 6.45) is 43.7. The van der Waals surface area contributed by atoms with E-state index in [0.717, 1.165) is 19.3 Å². The van der Waals surface area contributed by atoms with Crippen LogP contribution < -0.4 is 0 Å². The van der Waals surface area contributed by atoms with Crippen LogP contribution in [0.4, 0.5) is 0 Å². The molecule has 1 nitrogen and oxygen atoms in total. The Morgan fingerprint density at radius 3 is 1.31 bits per heavy atom. The number of rotatable bonds is 17. The summed E-state index contributed by atoms with van der Waals surface area (Å²) in [5, 5.41) is 0. The molecule has 0 saturated heterocycles. The van der Waals surface area contributed by atoms with Gasteiger partial charge >= 0.3 is 0 Å². The molecule has 0 N–H and O–H groups in total. The van der Waals surface area contributed by atoms with Crippen molar-refractivity contribution in [1.29, 1.82) is 0 Å². The van der Waals surface area contributed by atoms with Crippen LogP contribution in [0.15, 0.2) is 154 Å². The van der Waals surface area contributed by atoms with Gasteiger partial charge in [0.15, 0.2) is 0 Å². The van der Waals surface area contributed by atoms with Crippen molar-refractivity contribution < 1.29 is 4.74 Å². The molecule has 0 aromatic heterocycles. The number of ether oxygens (including phenoxy) is 1. The average molecular weight is 567 g/mol. The van der Waals surface area contributed by atoms with Crippen LogP contribution in [0.3, 0.4) is 0 Å². The summed E-state index contributed by atoms with van der Waals surface area (Å²) < 4.78 is 5.45. The van der Waals surface area contributed by atoms with Crippen LogP contribution in [0, 0.1) is 0 Å². The van der Waals surface area contributed by atoms with Crippen molar-refractivity contribution in [3.8, 4) is 0 Å². The highest BCUT2D eigenvalue weighted by Crippen LogP contribution is 2.14. The van der Waals surface area contributed by atoms with E-state index < -0.39 is 0 Å². The average Bonchev–Trinajstić information content (AvgIpc) is 2.91. The zero-order valence-corrected chi connectivity index (χ0v) is 28.5. The molecular weight excluding hydrogens is 508 g/mol. The summed E-state index contributed by atoms with van der Waals surface area (Å²) in [6, 6.07) is 0. The third kappa shape index (κ3) is 24.4. The topological polar surface area (TPSA) is 9.23 Å². The van der Waals surface area contributed by atoms with Gasteiger partial charge in [0.1, 0.15) is 0 Å². The second-order valence-electron chi connectivity index (χ2n) is 11.8. The molecule has 1 heteroatoms. The van der Waals surface area contributed by atoms with E-state index >= 15 is 0 Å². The standard InChI is InChI=1S/C41H58O/c1-34(2)20-14-23-37(5)26-17-29-38(6)27-15-24-35(3)21-12-13-22-36(4)25-16-28-39(7)30-18-31-40(8)32-19-33-41(9,10)42-11/h12-13,15-22,24-32H,14,23,33H2,1-11H3/b13-12+,24-15+,25-16+,29-17+,30-18+,32-19+,35-21-,36-22-,37-26+,38-27-,39-28-,40-31+. The molecule has 0 saturated carbocycles. The van der Waals surface area contributed by atoms with Crippen molar-refractivity contribution in [3.63, 3.8) is 0 Å². The summed E-state index contributed by atoms with van der Waals surface area (Å²) in [5.41, 5.74) is 8.73. The van der Waals surface area contributed by atoms with Gasteiger partial charge in [0.05, 0.1) is 5.60 Å². The summed E-state index contributed by atoms with van der Waals surface area (Å²) in [4.78, 5) is 0. The molecule has 0 rings (SSSR count). The number of hydrogen-bond acceptors (Lipinski definition) is 1. The monoisotopic (exact) mass is 566 g/mol. The Kier molecular flexibility index (Phi) is 21.3. The molecule has 0 amide bonds. The van der Waals surface area contributed by atoms with E-state index in [2.05, 4.69) is 185 Å². The predicted octanol–water partition coefficient (Wildman–Crippen LogP) is 12.6. The van der Waals surface area contributed by atoms with Crippen LogP contribution in [0.2, 0.25) is 0 Å². The van der Waals surface area contributed by atoms with E-state index in [9.17, 15) is 0 Å². The van der Waals surface area contributed by atoms with Gasteiger partial charge in [0, 0.05) is 7.11 Å². The van der Waals surface area contributed by atoms with Gasteiger partial charge < -0.3 is 4.74 Å². The quantitative estimate of drug-likeness (QED) is 0.126. The van der Waals surface area contributed by atoms with E-state index in [1.165, 1.54) is 39.0 Å². The Hall–Kier alpha value is -3.42. The molecule has 0 heterocycles. The minimum absolute atomic E-state index is 0.120. The first kappa shape index (κ1) is 38.6. The van der Waals surface area contributed by atoms with Crippen molar-refractivity contribution in [1.82, 2.24) is 0 Å². The van der Waals surface area contributed by atoms with Gasteiger partial charge in [-0.15, -0.1) is 0 Å². The zero-order valence-electron chi connectivity index (χ0n) is 28.5. The third-order valence-corrected chi connectivity index (χ3v) is 6.36. The molecule has 0 aromatic carbocycles. The van der Waals surface area contributed by atoms with Gasteiger partial charge in [0.25, 0.3) is 0 Å². The van der Waals surface area contributed by atoms with Crippen molar-refractivity contribution in [2.45, 2.75) is 94.1 Å². The van der Waals surface area contributed by atoms with Crippen LogP contribution in [0.1, 0.15) is 88.5 Å². The molecule has 0 atom stereocenters. The Labute approximate surface area is 259 Å². The van der Waals surface area contributed by atoms with E-state index in [4.69, 9.17) is 4.74 Å². The maximum absolute atomic E-state index is 5.45. The van der Waals surface area contributed by atoms with Gasteiger partial charge in [0.2, 0.25) is 0 Å². The maximum Gasteiger partial charge on any atom is 0.0657 e. The highest BCUT2D eigenvalue weighted by atomic mass is 16.5. The van der Waals surface area contributed by atoms with E-state index in [1.54, 1.807) is 7.11 Å². The predicted molar refractivity (Wildman–Crippen MR) is 192 cm³/mol. The molecule has 0 spiro atoms. The number of methoxy groups -OCH3 is 1. The SMILES string of the molecule is COC(C)(C)C/C=C/C(C)=C/C=C/C(C)=C\C=C\C(C)=C/C=C/C=C(C)\C=C\C=C(C)/C=C/C=C(\C)CCC=C(C)C. The largest absolute Gasteiger partial charge is 0.378 e. The van der Waals surface area contributed by atoms with Crippen molar-refractivity contribution >= 4 is 0 Å². The Bertz CT molecular complexity index is 1200. The maximum atomic E-state index is 5.45. The molecule has 0 aliphatic carbocycles. The first-order chi connectivity index (χ1) is 19.8. The van der Waals surface area contributed by atoms with Gasteiger partial charge in [-0.2, -0.15) is 0 Å². The van der Waals surface area contributed by atoms with Gasteiger partial charge in [-0.05, 0) is 88.5 Å². The number of allylic oxidation sites excluding steroid dienone is 25. The van der Waals surface area contributed by atoms with Crippen LogP contribution in [-0.2, 0) is 4.74 Å².